The van der Waals surface area contributed by atoms with Crippen LogP contribution in [-0.4, -0.2) is 44.2 Å². The third kappa shape index (κ3) is 4.43. The van der Waals surface area contributed by atoms with Gasteiger partial charge in [0.25, 0.3) is 0 Å². The highest BCUT2D eigenvalue weighted by molar-refractivity contribution is 7.89. The van der Waals surface area contributed by atoms with Crippen molar-refractivity contribution >= 4 is 44.0 Å². The molecule has 0 aromatic heterocycles. The molecular formula is C26H27N3O4S. The Labute approximate surface area is 199 Å². The van der Waals surface area contributed by atoms with Crippen LogP contribution < -0.4 is 10.2 Å². The lowest BCUT2D eigenvalue weighted by atomic mass is 9.97. The molecule has 3 aromatic rings. The Morgan fingerprint density at radius 3 is 2.26 bits per heavy atom. The van der Waals surface area contributed by atoms with Crippen LogP contribution in [0.25, 0.3) is 10.8 Å². The van der Waals surface area contributed by atoms with Gasteiger partial charge in [0.05, 0.1) is 4.90 Å². The molecule has 0 atom stereocenters. The number of anilines is 2. The number of nitrogens with one attached hydrogen (secondary N) is 1. The predicted molar refractivity (Wildman–Crippen MR) is 132 cm³/mol. The molecule has 1 N–H and O–H groups in total. The highest BCUT2D eigenvalue weighted by Crippen LogP contribution is 2.28. The van der Waals surface area contributed by atoms with Gasteiger partial charge < -0.3 is 10.2 Å². The van der Waals surface area contributed by atoms with Gasteiger partial charge in [0.2, 0.25) is 21.8 Å². The Bertz CT molecular complexity index is 1330. The van der Waals surface area contributed by atoms with Gasteiger partial charge in [-0.25, -0.2) is 8.42 Å². The number of piperidine rings is 1. The zero-order valence-electron chi connectivity index (χ0n) is 18.8. The lowest BCUT2D eigenvalue weighted by molar-refractivity contribution is -0.121. The van der Waals surface area contributed by atoms with Gasteiger partial charge >= 0.3 is 0 Å². The smallest absolute Gasteiger partial charge is 0.243 e. The summed E-state index contributed by atoms with van der Waals surface area (Å²) in [6.07, 6.45) is 2.39. The van der Waals surface area contributed by atoms with Gasteiger partial charge in [-0.2, -0.15) is 4.31 Å². The topological polar surface area (TPSA) is 86.8 Å². The van der Waals surface area contributed by atoms with Crippen LogP contribution in [0.5, 0.6) is 0 Å². The molecule has 0 bridgehead atoms. The molecule has 2 heterocycles. The fourth-order valence-corrected chi connectivity index (χ4v) is 6.23. The molecule has 2 aliphatic heterocycles. The Hall–Kier alpha value is -3.23. The standard InChI is InChI=1S/C26H27N3O4S/c30-25-6-3-15-29(25)23-10-8-22(9-11-23)27-26(31)20-13-16-28(17-14-20)34(32,33)24-12-7-19-4-1-2-5-21(19)18-24/h1-2,4-5,7-12,18,20H,3,6,13-17H2,(H,27,31). The minimum atomic E-state index is -3.61. The summed E-state index contributed by atoms with van der Waals surface area (Å²) in [7, 11) is -3.61. The van der Waals surface area contributed by atoms with Crippen molar-refractivity contribution in [1.29, 1.82) is 0 Å². The monoisotopic (exact) mass is 477 g/mol. The number of amides is 2. The Morgan fingerprint density at radius 2 is 1.59 bits per heavy atom. The molecule has 2 aliphatic rings. The van der Waals surface area contributed by atoms with Gasteiger partial charge in [-0.1, -0.05) is 30.3 Å². The number of benzene rings is 3. The highest BCUT2D eigenvalue weighted by Gasteiger charge is 2.32. The third-order valence-corrected chi connectivity index (χ3v) is 8.60. The van der Waals surface area contributed by atoms with Crippen LogP contribution in [0.4, 0.5) is 11.4 Å². The first-order chi connectivity index (χ1) is 16.4. The molecule has 0 saturated carbocycles. The van der Waals surface area contributed by atoms with Crippen molar-refractivity contribution in [2.45, 2.75) is 30.6 Å². The van der Waals surface area contributed by atoms with E-state index in [0.29, 0.717) is 38.0 Å². The number of hydrogen-bond donors (Lipinski definition) is 1. The molecule has 2 amide bonds. The summed E-state index contributed by atoms with van der Waals surface area (Å²) in [4.78, 5) is 26.7. The van der Waals surface area contributed by atoms with Crippen LogP contribution in [0.15, 0.2) is 71.6 Å². The van der Waals surface area contributed by atoms with E-state index in [1.165, 1.54) is 4.31 Å². The second-order valence-electron chi connectivity index (χ2n) is 8.87. The summed E-state index contributed by atoms with van der Waals surface area (Å²) in [6.45, 7) is 1.34. The van der Waals surface area contributed by atoms with E-state index < -0.39 is 10.0 Å². The lowest BCUT2D eigenvalue weighted by Gasteiger charge is -2.30. The van der Waals surface area contributed by atoms with Crippen molar-refractivity contribution < 1.29 is 18.0 Å². The zero-order chi connectivity index (χ0) is 23.7. The van der Waals surface area contributed by atoms with Crippen molar-refractivity contribution in [3.63, 3.8) is 0 Å². The highest BCUT2D eigenvalue weighted by atomic mass is 32.2. The van der Waals surface area contributed by atoms with Crippen LogP contribution in [0.1, 0.15) is 25.7 Å². The largest absolute Gasteiger partial charge is 0.326 e. The van der Waals surface area contributed by atoms with Gasteiger partial charge in [-0.3, -0.25) is 9.59 Å². The second-order valence-corrected chi connectivity index (χ2v) is 10.8. The second kappa shape index (κ2) is 9.19. The maximum Gasteiger partial charge on any atom is 0.243 e. The molecule has 2 fully saturated rings. The molecule has 8 heteroatoms. The molecule has 5 rings (SSSR count). The average molecular weight is 478 g/mol. The van der Waals surface area contributed by atoms with Crippen LogP contribution in [-0.2, 0) is 19.6 Å². The minimum absolute atomic E-state index is 0.104. The predicted octanol–water partition coefficient (Wildman–Crippen LogP) is 4.01. The fourth-order valence-electron chi connectivity index (χ4n) is 4.73. The summed E-state index contributed by atoms with van der Waals surface area (Å²) in [6, 6.07) is 20.2. The maximum absolute atomic E-state index is 13.2. The molecule has 0 spiro atoms. The normalized spacial score (nSPS) is 17.9. The Morgan fingerprint density at radius 1 is 0.882 bits per heavy atom. The number of rotatable bonds is 5. The van der Waals surface area contributed by atoms with Crippen LogP contribution in [0, 0.1) is 5.92 Å². The van der Waals surface area contributed by atoms with Gasteiger partial charge in [0, 0.05) is 43.3 Å². The number of carbonyl (C=O) groups is 2. The summed E-state index contributed by atoms with van der Waals surface area (Å²) < 4.78 is 27.8. The van der Waals surface area contributed by atoms with Crippen molar-refractivity contribution in [3.05, 3.63) is 66.7 Å². The summed E-state index contributed by atoms with van der Waals surface area (Å²) in [5.41, 5.74) is 1.51. The van der Waals surface area contributed by atoms with Crippen LogP contribution in [0.3, 0.4) is 0 Å². The van der Waals surface area contributed by atoms with Crippen molar-refractivity contribution in [2.24, 2.45) is 5.92 Å². The van der Waals surface area contributed by atoms with Crippen molar-refractivity contribution in [2.75, 3.05) is 29.9 Å². The first kappa shape index (κ1) is 22.6. The van der Waals surface area contributed by atoms with Crippen molar-refractivity contribution in [1.82, 2.24) is 4.31 Å². The van der Waals surface area contributed by atoms with Crippen molar-refractivity contribution in [3.8, 4) is 0 Å². The molecule has 2 saturated heterocycles. The van der Waals surface area contributed by atoms with Crippen LogP contribution in [0.2, 0.25) is 0 Å². The third-order valence-electron chi connectivity index (χ3n) is 6.70. The molecule has 0 radical (unpaired) electrons. The molecule has 176 valence electrons. The van der Waals surface area contributed by atoms with Gasteiger partial charge in [0.1, 0.15) is 0 Å². The Balaban J connectivity index is 1.19. The number of sulfonamides is 1. The van der Waals surface area contributed by atoms with E-state index in [-0.39, 0.29) is 22.6 Å². The summed E-state index contributed by atoms with van der Waals surface area (Å²) in [5.74, 6) is -0.224. The summed E-state index contributed by atoms with van der Waals surface area (Å²) in [5, 5.41) is 4.82. The quantitative estimate of drug-likeness (QED) is 0.602. The number of nitrogens with zero attached hydrogens (tertiary/aromatic N) is 2. The molecule has 0 aliphatic carbocycles. The zero-order valence-corrected chi connectivity index (χ0v) is 19.6. The van der Waals surface area contributed by atoms with E-state index in [1.54, 1.807) is 29.2 Å². The lowest BCUT2D eigenvalue weighted by Crippen LogP contribution is -2.41. The molecular weight excluding hydrogens is 450 g/mol. The molecule has 3 aromatic carbocycles. The number of hydrogen-bond acceptors (Lipinski definition) is 4. The van der Waals surface area contributed by atoms with E-state index in [0.717, 1.165) is 29.4 Å². The first-order valence-electron chi connectivity index (χ1n) is 11.6. The van der Waals surface area contributed by atoms with E-state index in [2.05, 4.69) is 5.32 Å². The summed E-state index contributed by atoms with van der Waals surface area (Å²) >= 11 is 0. The Kier molecular flexibility index (Phi) is 6.10. The minimum Gasteiger partial charge on any atom is -0.326 e. The van der Waals surface area contributed by atoms with E-state index in [4.69, 9.17) is 0 Å². The van der Waals surface area contributed by atoms with Crippen LogP contribution >= 0.6 is 0 Å². The van der Waals surface area contributed by atoms with E-state index in [9.17, 15) is 18.0 Å². The van der Waals surface area contributed by atoms with E-state index in [1.807, 2.05) is 42.5 Å². The first-order valence-corrected chi connectivity index (χ1v) is 13.1. The van der Waals surface area contributed by atoms with Gasteiger partial charge in [0.15, 0.2) is 0 Å². The average Bonchev–Trinajstić information content (AvgIpc) is 3.30. The molecule has 7 nitrogen and oxygen atoms in total. The van der Waals surface area contributed by atoms with Gasteiger partial charge in [-0.15, -0.1) is 0 Å². The van der Waals surface area contributed by atoms with Gasteiger partial charge in [-0.05, 0) is 66.4 Å². The SMILES string of the molecule is O=C(Nc1ccc(N2CCCC2=O)cc1)C1CCN(S(=O)(=O)c2ccc3ccccc3c2)CC1. The molecule has 34 heavy (non-hydrogen) atoms. The fraction of sp³-hybridized carbons (Fsp3) is 0.308. The molecule has 0 unspecified atom stereocenters. The number of fused-ring (bicyclic) bond motifs is 1. The number of carbonyl (C=O) groups excluding carboxylic acids is 2. The maximum atomic E-state index is 13.2. The van der Waals surface area contributed by atoms with E-state index >= 15 is 0 Å².